The molecular weight excluding hydrogens is 198 g/mol. The molecule has 2 heteroatoms. The third kappa shape index (κ3) is 3.06. The fraction of sp³-hybridized carbons (Fsp3) is 0.571. The maximum absolute atomic E-state index is 5.77. The van der Waals surface area contributed by atoms with E-state index in [0.717, 1.165) is 26.2 Å². The Kier molecular flexibility index (Phi) is 3.97. The summed E-state index contributed by atoms with van der Waals surface area (Å²) in [5, 5.41) is 0. The summed E-state index contributed by atoms with van der Waals surface area (Å²) in [5.74, 6) is 0.610. The Morgan fingerprint density at radius 1 is 1.31 bits per heavy atom. The van der Waals surface area contributed by atoms with Crippen LogP contribution >= 0.6 is 0 Å². The van der Waals surface area contributed by atoms with Crippen molar-refractivity contribution >= 4 is 0 Å². The van der Waals surface area contributed by atoms with E-state index in [1.165, 1.54) is 5.56 Å². The van der Waals surface area contributed by atoms with Crippen LogP contribution in [0.4, 0.5) is 0 Å². The molecule has 0 radical (unpaired) electrons. The fourth-order valence-electron chi connectivity index (χ4n) is 2.12. The molecule has 0 bridgehead atoms. The molecule has 0 amide bonds. The van der Waals surface area contributed by atoms with Crippen LogP contribution in [0.1, 0.15) is 19.4 Å². The van der Waals surface area contributed by atoms with E-state index >= 15 is 0 Å². The van der Waals surface area contributed by atoms with E-state index in [1.54, 1.807) is 0 Å². The van der Waals surface area contributed by atoms with Crippen molar-refractivity contribution in [3.8, 4) is 0 Å². The average Bonchev–Trinajstić information content (AvgIpc) is 2.30. The van der Waals surface area contributed by atoms with E-state index in [0.29, 0.717) is 12.0 Å². The molecule has 1 heterocycles. The molecule has 16 heavy (non-hydrogen) atoms. The van der Waals surface area contributed by atoms with Gasteiger partial charge < -0.3 is 4.74 Å². The SMILES string of the molecule is CC(C)[C@H]1CN(Cc2ccccc2)CCO1. The molecule has 1 atom stereocenters. The zero-order valence-corrected chi connectivity index (χ0v) is 10.2. The summed E-state index contributed by atoms with van der Waals surface area (Å²) in [6.07, 6.45) is 0.400. The van der Waals surface area contributed by atoms with Gasteiger partial charge in [-0.3, -0.25) is 4.90 Å². The number of morpholine rings is 1. The molecule has 0 aromatic heterocycles. The first-order chi connectivity index (χ1) is 7.75. The monoisotopic (exact) mass is 219 g/mol. The highest BCUT2D eigenvalue weighted by Crippen LogP contribution is 2.15. The zero-order valence-electron chi connectivity index (χ0n) is 10.2. The number of benzene rings is 1. The molecule has 2 rings (SSSR count). The molecule has 1 aromatic rings. The summed E-state index contributed by atoms with van der Waals surface area (Å²) >= 11 is 0. The number of hydrogen-bond acceptors (Lipinski definition) is 2. The first-order valence-electron chi connectivity index (χ1n) is 6.13. The third-order valence-corrected chi connectivity index (χ3v) is 3.17. The molecule has 1 fully saturated rings. The summed E-state index contributed by atoms with van der Waals surface area (Å²) in [7, 11) is 0. The Morgan fingerprint density at radius 2 is 2.06 bits per heavy atom. The molecule has 88 valence electrons. The van der Waals surface area contributed by atoms with Crippen molar-refractivity contribution in [2.45, 2.75) is 26.5 Å². The van der Waals surface area contributed by atoms with Crippen LogP contribution in [-0.2, 0) is 11.3 Å². The van der Waals surface area contributed by atoms with Gasteiger partial charge in [0.05, 0.1) is 12.7 Å². The molecule has 1 aliphatic heterocycles. The maximum atomic E-state index is 5.77. The Bertz CT molecular complexity index is 310. The molecule has 1 aromatic carbocycles. The smallest absolute Gasteiger partial charge is 0.0725 e. The molecule has 0 saturated carbocycles. The zero-order chi connectivity index (χ0) is 11.4. The Labute approximate surface area is 98.2 Å². The first-order valence-corrected chi connectivity index (χ1v) is 6.13. The fourth-order valence-corrected chi connectivity index (χ4v) is 2.12. The van der Waals surface area contributed by atoms with Crippen LogP contribution in [-0.4, -0.2) is 30.7 Å². The van der Waals surface area contributed by atoms with E-state index < -0.39 is 0 Å². The van der Waals surface area contributed by atoms with E-state index in [4.69, 9.17) is 4.74 Å². The average molecular weight is 219 g/mol. The predicted molar refractivity (Wildman–Crippen MR) is 66.3 cm³/mol. The van der Waals surface area contributed by atoms with Gasteiger partial charge in [0.25, 0.3) is 0 Å². The van der Waals surface area contributed by atoms with Crippen molar-refractivity contribution in [1.82, 2.24) is 4.90 Å². The molecule has 0 N–H and O–H groups in total. The van der Waals surface area contributed by atoms with Gasteiger partial charge in [0, 0.05) is 19.6 Å². The maximum Gasteiger partial charge on any atom is 0.0725 e. The summed E-state index contributed by atoms with van der Waals surface area (Å²) in [4.78, 5) is 2.49. The van der Waals surface area contributed by atoms with E-state index in [1.807, 2.05) is 0 Å². The number of ether oxygens (including phenoxy) is 1. The van der Waals surface area contributed by atoms with Gasteiger partial charge in [-0.25, -0.2) is 0 Å². The van der Waals surface area contributed by atoms with Gasteiger partial charge in [0.15, 0.2) is 0 Å². The highest BCUT2D eigenvalue weighted by molar-refractivity contribution is 5.14. The first kappa shape index (κ1) is 11.6. The minimum Gasteiger partial charge on any atom is -0.375 e. The minimum atomic E-state index is 0.400. The van der Waals surface area contributed by atoms with Gasteiger partial charge in [-0.2, -0.15) is 0 Å². The van der Waals surface area contributed by atoms with E-state index in [-0.39, 0.29) is 0 Å². The second-order valence-corrected chi connectivity index (χ2v) is 4.87. The lowest BCUT2D eigenvalue weighted by Gasteiger charge is -2.34. The lowest BCUT2D eigenvalue weighted by atomic mass is 10.1. The van der Waals surface area contributed by atoms with E-state index in [2.05, 4.69) is 49.1 Å². The predicted octanol–water partition coefficient (Wildman–Crippen LogP) is 2.54. The molecular formula is C14H21NO. The summed E-state index contributed by atoms with van der Waals surface area (Å²) in [6, 6.07) is 10.7. The minimum absolute atomic E-state index is 0.400. The summed E-state index contributed by atoms with van der Waals surface area (Å²) in [5.41, 5.74) is 1.40. The highest BCUT2D eigenvalue weighted by atomic mass is 16.5. The quantitative estimate of drug-likeness (QED) is 0.774. The standard InChI is InChI=1S/C14H21NO/c1-12(2)14-11-15(8-9-16-14)10-13-6-4-3-5-7-13/h3-7,12,14H,8-11H2,1-2H3/t14-/m1/s1. The van der Waals surface area contributed by atoms with Crippen LogP contribution in [0.15, 0.2) is 30.3 Å². The van der Waals surface area contributed by atoms with Crippen molar-refractivity contribution in [3.63, 3.8) is 0 Å². The van der Waals surface area contributed by atoms with Crippen molar-refractivity contribution in [3.05, 3.63) is 35.9 Å². The lowest BCUT2D eigenvalue weighted by Crippen LogP contribution is -2.44. The molecule has 2 nitrogen and oxygen atoms in total. The van der Waals surface area contributed by atoms with Crippen LogP contribution < -0.4 is 0 Å². The normalized spacial score (nSPS) is 22.6. The molecule has 1 aliphatic rings. The number of nitrogens with zero attached hydrogens (tertiary/aromatic N) is 1. The van der Waals surface area contributed by atoms with Crippen molar-refractivity contribution < 1.29 is 4.74 Å². The van der Waals surface area contributed by atoms with Crippen molar-refractivity contribution in [1.29, 1.82) is 0 Å². The highest BCUT2D eigenvalue weighted by Gasteiger charge is 2.22. The molecule has 0 aliphatic carbocycles. The van der Waals surface area contributed by atoms with E-state index in [9.17, 15) is 0 Å². The Morgan fingerprint density at radius 3 is 2.75 bits per heavy atom. The molecule has 0 spiro atoms. The molecule has 0 unspecified atom stereocenters. The van der Waals surface area contributed by atoms with Gasteiger partial charge >= 0.3 is 0 Å². The van der Waals surface area contributed by atoms with Crippen LogP contribution in [0.3, 0.4) is 0 Å². The lowest BCUT2D eigenvalue weighted by molar-refractivity contribution is -0.0529. The Balaban J connectivity index is 1.90. The van der Waals surface area contributed by atoms with Gasteiger partial charge in [-0.1, -0.05) is 44.2 Å². The van der Waals surface area contributed by atoms with Gasteiger partial charge in [0.2, 0.25) is 0 Å². The van der Waals surface area contributed by atoms with Crippen LogP contribution in [0.5, 0.6) is 0 Å². The van der Waals surface area contributed by atoms with Gasteiger partial charge in [-0.05, 0) is 11.5 Å². The second kappa shape index (κ2) is 5.46. The largest absolute Gasteiger partial charge is 0.375 e. The van der Waals surface area contributed by atoms with Crippen LogP contribution in [0, 0.1) is 5.92 Å². The van der Waals surface area contributed by atoms with Gasteiger partial charge in [0.1, 0.15) is 0 Å². The number of rotatable bonds is 3. The summed E-state index contributed by atoms with van der Waals surface area (Å²) in [6.45, 7) is 8.50. The topological polar surface area (TPSA) is 12.5 Å². The van der Waals surface area contributed by atoms with Crippen molar-refractivity contribution in [2.75, 3.05) is 19.7 Å². The van der Waals surface area contributed by atoms with Gasteiger partial charge in [-0.15, -0.1) is 0 Å². The second-order valence-electron chi connectivity index (χ2n) is 4.87. The van der Waals surface area contributed by atoms with Crippen molar-refractivity contribution in [2.24, 2.45) is 5.92 Å². The van der Waals surface area contributed by atoms with Crippen LogP contribution in [0.2, 0.25) is 0 Å². The third-order valence-electron chi connectivity index (χ3n) is 3.17. The van der Waals surface area contributed by atoms with Crippen LogP contribution in [0.25, 0.3) is 0 Å². The summed E-state index contributed by atoms with van der Waals surface area (Å²) < 4.78 is 5.77. The Hall–Kier alpha value is -0.860. The molecule has 1 saturated heterocycles. The number of hydrogen-bond donors (Lipinski definition) is 0.